The maximum absolute atomic E-state index is 12.5. The van der Waals surface area contributed by atoms with E-state index in [2.05, 4.69) is 19.2 Å². The highest BCUT2D eigenvalue weighted by atomic mass is 16.5. The summed E-state index contributed by atoms with van der Waals surface area (Å²) in [5.74, 6) is -1.01. The van der Waals surface area contributed by atoms with E-state index in [0.717, 1.165) is 5.56 Å². The van der Waals surface area contributed by atoms with Crippen molar-refractivity contribution < 1.29 is 23.5 Å². The fourth-order valence-electron chi connectivity index (χ4n) is 2.71. The zero-order valence-electron chi connectivity index (χ0n) is 16.2. The van der Waals surface area contributed by atoms with E-state index in [1.807, 2.05) is 12.1 Å². The van der Waals surface area contributed by atoms with Crippen LogP contribution < -0.4 is 5.32 Å². The molecule has 1 N–H and O–H groups in total. The van der Waals surface area contributed by atoms with Crippen LogP contribution >= 0.6 is 0 Å². The number of benzene rings is 2. The summed E-state index contributed by atoms with van der Waals surface area (Å²) < 4.78 is 10.2. The van der Waals surface area contributed by atoms with Crippen LogP contribution in [0.2, 0.25) is 0 Å². The van der Waals surface area contributed by atoms with Gasteiger partial charge in [0, 0.05) is 5.56 Å². The van der Waals surface area contributed by atoms with Gasteiger partial charge in [0.1, 0.15) is 0 Å². The smallest absolute Gasteiger partial charge is 0.340 e. The summed E-state index contributed by atoms with van der Waals surface area (Å²) in [6.07, 6.45) is 1.38. The van der Waals surface area contributed by atoms with Crippen molar-refractivity contribution in [3.8, 4) is 0 Å². The third-order valence-corrected chi connectivity index (χ3v) is 4.37. The van der Waals surface area contributed by atoms with Crippen LogP contribution in [0.3, 0.4) is 0 Å². The number of para-hydroxylation sites is 1. The number of ketones is 1. The largest absolute Gasteiger partial charge is 0.459 e. The van der Waals surface area contributed by atoms with Crippen molar-refractivity contribution in [1.29, 1.82) is 0 Å². The van der Waals surface area contributed by atoms with E-state index < -0.39 is 11.9 Å². The molecule has 0 spiro atoms. The summed E-state index contributed by atoms with van der Waals surface area (Å²) in [5.41, 5.74) is 2.02. The molecule has 2 aromatic carbocycles. The van der Waals surface area contributed by atoms with Gasteiger partial charge in [-0.2, -0.15) is 0 Å². The van der Waals surface area contributed by atoms with Gasteiger partial charge in [-0.3, -0.25) is 9.59 Å². The number of hydrogen-bond donors (Lipinski definition) is 1. The number of Topliss-reactive ketones (excluding diaryl/α,β-unsaturated/α-hetero) is 1. The fraction of sp³-hybridized carbons (Fsp3) is 0.174. The van der Waals surface area contributed by atoms with Crippen molar-refractivity contribution in [2.75, 3.05) is 11.9 Å². The molecule has 0 atom stereocenters. The summed E-state index contributed by atoms with van der Waals surface area (Å²) >= 11 is 0. The monoisotopic (exact) mass is 391 g/mol. The number of amides is 1. The minimum atomic E-state index is -0.701. The van der Waals surface area contributed by atoms with E-state index in [1.54, 1.807) is 36.4 Å². The highest BCUT2D eigenvalue weighted by Gasteiger charge is 2.18. The van der Waals surface area contributed by atoms with E-state index in [4.69, 9.17) is 9.15 Å². The molecule has 0 aliphatic rings. The zero-order chi connectivity index (χ0) is 20.8. The SMILES string of the molecule is CC(C)c1ccc(C(=O)COC(=O)c2ccccc2NC(=O)c2ccco2)cc1. The molecule has 0 saturated carbocycles. The topological polar surface area (TPSA) is 85.6 Å². The molecule has 0 fully saturated rings. The van der Waals surface area contributed by atoms with Crippen LogP contribution in [0.25, 0.3) is 0 Å². The van der Waals surface area contributed by atoms with Gasteiger partial charge in [-0.25, -0.2) is 4.79 Å². The van der Waals surface area contributed by atoms with Crippen LogP contribution in [0.5, 0.6) is 0 Å². The predicted molar refractivity (Wildman–Crippen MR) is 108 cm³/mol. The number of carbonyl (C=O) groups excluding carboxylic acids is 3. The van der Waals surface area contributed by atoms with Crippen LogP contribution in [0.1, 0.15) is 56.6 Å². The Morgan fingerprint density at radius 3 is 2.34 bits per heavy atom. The van der Waals surface area contributed by atoms with Crippen LogP contribution in [-0.4, -0.2) is 24.3 Å². The van der Waals surface area contributed by atoms with E-state index in [9.17, 15) is 14.4 Å². The second-order valence-electron chi connectivity index (χ2n) is 6.75. The first kappa shape index (κ1) is 20.1. The molecule has 29 heavy (non-hydrogen) atoms. The number of furan rings is 1. The van der Waals surface area contributed by atoms with Crippen LogP contribution in [0, 0.1) is 0 Å². The van der Waals surface area contributed by atoms with Gasteiger partial charge >= 0.3 is 5.97 Å². The number of nitrogens with one attached hydrogen (secondary N) is 1. The number of hydrogen-bond acceptors (Lipinski definition) is 5. The summed E-state index contributed by atoms with van der Waals surface area (Å²) in [6.45, 7) is 3.75. The molecule has 0 unspecified atom stereocenters. The third-order valence-electron chi connectivity index (χ3n) is 4.37. The average molecular weight is 391 g/mol. The Labute approximate surface area is 168 Å². The molecule has 0 bridgehead atoms. The molecule has 0 saturated heterocycles. The Bertz CT molecular complexity index is 1000. The second kappa shape index (κ2) is 9.01. The van der Waals surface area contributed by atoms with Gasteiger partial charge in [-0.15, -0.1) is 0 Å². The quantitative estimate of drug-likeness (QED) is 0.466. The zero-order valence-corrected chi connectivity index (χ0v) is 16.2. The number of ether oxygens (including phenoxy) is 1. The first-order valence-electron chi connectivity index (χ1n) is 9.20. The second-order valence-corrected chi connectivity index (χ2v) is 6.75. The van der Waals surface area contributed by atoms with E-state index >= 15 is 0 Å². The minimum Gasteiger partial charge on any atom is -0.459 e. The van der Waals surface area contributed by atoms with E-state index in [1.165, 1.54) is 18.4 Å². The highest BCUT2D eigenvalue weighted by molar-refractivity contribution is 6.07. The lowest BCUT2D eigenvalue weighted by molar-refractivity contribution is 0.0475. The van der Waals surface area contributed by atoms with Gasteiger partial charge in [-0.1, -0.05) is 50.2 Å². The lowest BCUT2D eigenvalue weighted by Crippen LogP contribution is -2.18. The van der Waals surface area contributed by atoms with Crippen LogP contribution in [0.15, 0.2) is 71.3 Å². The lowest BCUT2D eigenvalue weighted by Gasteiger charge is -2.10. The van der Waals surface area contributed by atoms with Gasteiger partial charge in [-0.05, 0) is 35.7 Å². The third kappa shape index (κ3) is 4.99. The van der Waals surface area contributed by atoms with Crippen molar-refractivity contribution in [3.05, 3.63) is 89.4 Å². The first-order chi connectivity index (χ1) is 14.0. The molecule has 0 radical (unpaired) electrons. The molecule has 0 aliphatic carbocycles. The highest BCUT2D eigenvalue weighted by Crippen LogP contribution is 2.18. The molecule has 0 aliphatic heterocycles. The standard InChI is InChI=1S/C23H21NO5/c1-15(2)16-9-11-17(12-10-16)20(25)14-29-23(27)18-6-3-4-7-19(18)24-22(26)21-8-5-13-28-21/h3-13,15H,14H2,1-2H3,(H,24,26). The Balaban J connectivity index is 1.65. The van der Waals surface area contributed by atoms with Crippen molar-refractivity contribution >= 4 is 23.3 Å². The molecule has 148 valence electrons. The molecule has 3 rings (SSSR count). The Hall–Kier alpha value is -3.67. The lowest BCUT2D eigenvalue weighted by atomic mass is 10.0. The fourth-order valence-corrected chi connectivity index (χ4v) is 2.71. The Kier molecular flexibility index (Phi) is 6.24. The van der Waals surface area contributed by atoms with Gasteiger partial charge < -0.3 is 14.5 Å². The predicted octanol–water partition coefficient (Wildman–Crippen LogP) is 4.70. The maximum Gasteiger partial charge on any atom is 0.340 e. The van der Waals surface area contributed by atoms with Gasteiger partial charge in [0.25, 0.3) is 5.91 Å². The summed E-state index contributed by atoms with van der Waals surface area (Å²) in [6, 6.07) is 16.7. The number of esters is 1. The number of rotatable bonds is 7. The maximum atomic E-state index is 12.5. The average Bonchev–Trinajstić information content (AvgIpc) is 3.27. The normalized spacial score (nSPS) is 10.6. The van der Waals surface area contributed by atoms with Crippen LogP contribution in [-0.2, 0) is 4.74 Å². The van der Waals surface area contributed by atoms with Gasteiger partial charge in [0.2, 0.25) is 0 Å². The Morgan fingerprint density at radius 2 is 1.69 bits per heavy atom. The molecule has 1 amide bonds. The summed E-state index contributed by atoms with van der Waals surface area (Å²) in [7, 11) is 0. The molecule has 1 aromatic heterocycles. The van der Waals surface area contributed by atoms with Crippen LogP contribution in [0.4, 0.5) is 5.69 Å². The summed E-state index contributed by atoms with van der Waals surface area (Å²) in [5, 5.41) is 2.61. The molecule has 6 heteroatoms. The van der Waals surface area contributed by atoms with Gasteiger partial charge in [0.05, 0.1) is 17.5 Å². The molecule has 1 heterocycles. The van der Waals surface area contributed by atoms with Crippen molar-refractivity contribution in [2.45, 2.75) is 19.8 Å². The molecular weight excluding hydrogens is 370 g/mol. The van der Waals surface area contributed by atoms with Crippen molar-refractivity contribution in [2.24, 2.45) is 0 Å². The van der Waals surface area contributed by atoms with Gasteiger partial charge in [0.15, 0.2) is 18.2 Å². The van der Waals surface area contributed by atoms with E-state index in [-0.39, 0.29) is 29.4 Å². The first-order valence-corrected chi connectivity index (χ1v) is 9.20. The Morgan fingerprint density at radius 1 is 0.966 bits per heavy atom. The van der Waals surface area contributed by atoms with E-state index in [0.29, 0.717) is 11.5 Å². The molecule has 3 aromatic rings. The number of carbonyl (C=O) groups is 3. The van der Waals surface area contributed by atoms with Crippen molar-refractivity contribution in [1.82, 2.24) is 0 Å². The number of anilines is 1. The van der Waals surface area contributed by atoms with Crippen molar-refractivity contribution in [3.63, 3.8) is 0 Å². The molecule has 6 nitrogen and oxygen atoms in total. The molecular formula is C23H21NO5. The minimum absolute atomic E-state index is 0.119. The summed E-state index contributed by atoms with van der Waals surface area (Å²) in [4.78, 5) is 36.9.